The second kappa shape index (κ2) is 5.23. The molecule has 4 nitrogen and oxygen atoms in total. The third-order valence-electron chi connectivity index (χ3n) is 2.50. The van der Waals surface area contributed by atoms with E-state index in [0.717, 1.165) is 13.0 Å². The van der Waals surface area contributed by atoms with Crippen molar-refractivity contribution in [1.29, 1.82) is 0 Å². The molecule has 2 aromatic rings. The highest BCUT2D eigenvalue weighted by atomic mass is 32.1. The predicted octanol–water partition coefficient (Wildman–Crippen LogP) is 1.77. The Hall–Kier alpha value is -1.20. The Balaban J connectivity index is 1.78. The molecule has 5 heteroatoms. The van der Waals surface area contributed by atoms with Gasteiger partial charge in [-0.05, 0) is 6.92 Å². The fourth-order valence-electron chi connectivity index (χ4n) is 1.55. The number of aryl methyl sites for hydroxylation is 1. The third kappa shape index (κ3) is 2.90. The molecule has 0 aliphatic carbocycles. The first-order valence-corrected chi connectivity index (χ1v) is 6.24. The van der Waals surface area contributed by atoms with Crippen molar-refractivity contribution in [2.75, 3.05) is 6.54 Å². The normalized spacial score (nSPS) is 12.9. The summed E-state index contributed by atoms with van der Waals surface area (Å²) in [7, 11) is 1.94. The van der Waals surface area contributed by atoms with Crippen LogP contribution in [0.15, 0.2) is 24.0 Å². The number of nitrogens with one attached hydrogen (secondary N) is 1. The van der Waals surface area contributed by atoms with Crippen molar-refractivity contribution >= 4 is 11.3 Å². The van der Waals surface area contributed by atoms with Crippen LogP contribution in [0.3, 0.4) is 0 Å². The van der Waals surface area contributed by atoms with Crippen molar-refractivity contribution in [3.05, 3.63) is 34.5 Å². The Morgan fingerprint density at radius 3 is 3.06 bits per heavy atom. The van der Waals surface area contributed by atoms with Crippen LogP contribution in [0.25, 0.3) is 0 Å². The Morgan fingerprint density at radius 2 is 2.44 bits per heavy atom. The van der Waals surface area contributed by atoms with E-state index in [1.807, 2.05) is 35.7 Å². The summed E-state index contributed by atoms with van der Waals surface area (Å²) in [5, 5.41) is 10.8. The molecule has 86 valence electrons. The van der Waals surface area contributed by atoms with Crippen molar-refractivity contribution < 1.29 is 0 Å². The van der Waals surface area contributed by atoms with E-state index < -0.39 is 0 Å². The van der Waals surface area contributed by atoms with Gasteiger partial charge in [0, 0.05) is 49.4 Å². The molecule has 0 bridgehead atoms. The summed E-state index contributed by atoms with van der Waals surface area (Å²) < 4.78 is 1.83. The lowest BCUT2D eigenvalue weighted by atomic mass is 10.2. The van der Waals surface area contributed by atoms with Gasteiger partial charge in [0.05, 0.1) is 11.2 Å². The summed E-state index contributed by atoms with van der Waals surface area (Å²) in [4.78, 5) is 4.25. The maximum atomic E-state index is 4.25. The molecule has 1 N–H and O–H groups in total. The van der Waals surface area contributed by atoms with E-state index in [2.05, 4.69) is 22.3 Å². The quantitative estimate of drug-likeness (QED) is 0.860. The van der Waals surface area contributed by atoms with E-state index in [4.69, 9.17) is 0 Å². The maximum Gasteiger partial charge on any atom is 0.0937 e. The van der Waals surface area contributed by atoms with Gasteiger partial charge in [-0.2, -0.15) is 5.10 Å². The van der Waals surface area contributed by atoms with E-state index in [0.29, 0.717) is 6.04 Å². The lowest BCUT2D eigenvalue weighted by Gasteiger charge is -2.10. The van der Waals surface area contributed by atoms with Gasteiger partial charge in [-0.25, -0.2) is 4.98 Å². The van der Waals surface area contributed by atoms with E-state index in [-0.39, 0.29) is 0 Å². The summed E-state index contributed by atoms with van der Waals surface area (Å²) in [6.45, 7) is 3.10. The standard InChI is InChI=1S/C11H16N4S/c1-9(10-7-14-15(2)8-10)12-4-3-11-13-5-6-16-11/h5-9,12H,3-4H2,1-2H3. The Bertz CT molecular complexity index is 421. The molecule has 2 rings (SSSR count). The lowest BCUT2D eigenvalue weighted by Crippen LogP contribution is -2.21. The molecule has 1 atom stereocenters. The Labute approximate surface area is 99.3 Å². The molecule has 0 aliphatic rings. The zero-order chi connectivity index (χ0) is 11.4. The highest BCUT2D eigenvalue weighted by molar-refractivity contribution is 7.09. The number of rotatable bonds is 5. The monoisotopic (exact) mass is 236 g/mol. The smallest absolute Gasteiger partial charge is 0.0937 e. The van der Waals surface area contributed by atoms with E-state index in [1.54, 1.807) is 11.3 Å². The molecule has 0 saturated heterocycles. The number of hydrogen-bond acceptors (Lipinski definition) is 4. The first-order chi connectivity index (χ1) is 7.75. The Morgan fingerprint density at radius 1 is 1.56 bits per heavy atom. The minimum atomic E-state index is 0.341. The largest absolute Gasteiger partial charge is 0.310 e. The van der Waals surface area contributed by atoms with Crippen LogP contribution in [0.1, 0.15) is 23.5 Å². The summed E-state index contributed by atoms with van der Waals surface area (Å²) in [5.74, 6) is 0. The summed E-state index contributed by atoms with van der Waals surface area (Å²) in [6, 6.07) is 0.341. The van der Waals surface area contributed by atoms with Gasteiger partial charge in [0.25, 0.3) is 0 Å². The first-order valence-electron chi connectivity index (χ1n) is 5.36. The van der Waals surface area contributed by atoms with Gasteiger partial charge in [0.2, 0.25) is 0 Å². The van der Waals surface area contributed by atoms with E-state index >= 15 is 0 Å². The Kier molecular flexibility index (Phi) is 3.69. The summed E-state index contributed by atoms with van der Waals surface area (Å²) >= 11 is 1.71. The van der Waals surface area contributed by atoms with Gasteiger partial charge in [0.15, 0.2) is 0 Å². The van der Waals surface area contributed by atoms with Crippen molar-refractivity contribution in [2.24, 2.45) is 7.05 Å². The second-order valence-corrected chi connectivity index (χ2v) is 4.78. The minimum absolute atomic E-state index is 0.341. The minimum Gasteiger partial charge on any atom is -0.310 e. The third-order valence-corrected chi connectivity index (χ3v) is 3.34. The zero-order valence-electron chi connectivity index (χ0n) is 9.55. The molecular formula is C11H16N4S. The van der Waals surface area contributed by atoms with Crippen LogP contribution in [-0.4, -0.2) is 21.3 Å². The second-order valence-electron chi connectivity index (χ2n) is 3.80. The fraction of sp³-hybridized carbons (Fsp3) is 0.455. The van der Waals surface area contributed by atoms with Gasteiger partial charge in [0.1, 0.15) is 0 Å². The molecule has 2 heterocycles. The molecule has 0 amide bonds. The van der Waals surface area contributed by atoms with Crippen molar-refractivity contribution in [1.82, 2.24) is 20.1 Å². The van der Waals surface area contributed by atoms with E-state index in [9.17, 15) is 0 Å². The SMILES string of the molecule is CC(NCCc1nccs1)c1cnn(C)c1. The highest BCUT2D eigenvalue weighted by Crippen LogP contribution is 2.10. The van der Waals surface area contributed by atoms with Crippen LogP contribution < -0.4 is 5.32 Å². The topological polar surface area (TPSA) is 42.7 Å². The molecule has 0 saturated carbocycles. The molecule has 0 radical (unpaired) electrons. The van der Waals surface area contributed by atoms with Crippen LogP contribution in [-0.2, 0) is 13.5 Å². The fourth-order valence-corrected chi connectivity index (χ4v) is 2.17. The van der Waals surface area contributed by atoms with Crippen LogP contribution in [0.5, 0.6) is 0 Å². The van der Waals surface area contributed by atoms with Gasteiger partial charge >= 0.3 is 0 Å². The van der Waals surface area contributed by atoms with Crippen molar-refractivity contribution in [3.8, 4) is 0 Å². The van der Waals surface area contributed by atoms with Crippen molar-refractivity contribution in [2.45, 2.75) is 19.4 Å². The zero-order valence-corrected chi connectivity index (χ0v) is 10.4. The van der Waals surface area contributed by atoms with E-state index in [1.165, 1.54) is 10.6 Å². The van der Waals surface area contributed by atoms with Crippen LogP contribution in [0, 0.1) is 0 Å². The van der Waals surface area contributed by atoms with Crippen LogP contribution in [0.4, 0.5) is 0 Å². The van der Waals surface area contributed by atoms with Gasteiger partial charge in [-0.3, -0.25) is 4.68 Å². The average Bonchev–Trinajstić information content (AvgIpc) is 2.89. The molecule has 0 fully saturated rings. The van der Waals surface area contributed by atoms with Crippen LogP contribution >= 0.6 is 11.3 Å². The van der Waals surface area contributed by atoms with Crippen molar-refractivity contribution in [3.63, 3.8) is 0 Å². The lowest BCUT2D eigenvalue weighted by molar-refractivity contribution is 0.575. The average molecular weight is 236 g/mol. The molecule has 0 aliphatic heterocycles. The molecule has 0 aromatic carbocycles. The highest BCUT2D eigenvalue weighted by Gasteiger charge is 2.06. The summed E-state index contributed by atoms with van der Waals surface area (Å²) in [6.07, 6.45) is 6.79. The maximum absolute atomic E-state index is 4.25. The number of nitrogens with zero attached hydrogens (tertiary/aromatic N) is 3. The van der Waals surface area contributed by atoms with Crippen LogP contribution in [0.2, 0.25) is 0 Å². The molecule has 16 heavy (non-hydrogen) atoms. The molecular weight excluding hydrogens is 220 g/mol. The predicted molar refractivity (Wildman–Crippen MR) is 65.4 cm³/mol. The molecule has 1 unspecified atom stereocenters. The number of aromatic nitrogens is 3. The number of hydrogen-bond donors (Lipinski definition) is 1. The molecule has 0 spiro atoms. The van der Waals surface area contributed by atoms with Gasteiger partial charge in [-0.15, -0.1) is 11.3 Å². The first kappa shape index (κ1) is 11.3. The van der Waals surface area contributed by atoms with Gasteiger partial charge in [-0.1, -0.05) is 0 Å². The number of thiazole rings is 1. The van der Waals surface area contributed by atoms with Gasteiger partial charge < -0.3 is 5.32 Å². The molecule has 2 aromatic heterocycles. The summed E-state index contributed by atoms with van der Waals surface area (Å²) in [5.41, 5.74) is 1.22.